The molecule has 11 heteroatoms. The second kappa shape index (κ2) is 9.87. The van der Waals surface area contributed by atoms with Crippen molar-refractivity contribution < 1.29 is 17.9 Å². The number of nitrogens with zero attached hydrogens (tertiary/aromatic N) is 5. The Morgan fingerprint density at radius 2 is 1.95 bits per heavy atom. The van der Waals surface area contributed by atoms with E-state index >= 15 is 0 Å². The minimum absolute atomic E-state index is 0.114. The van der Waals surface area contributed by atoms with Crippen molar-refractivity contribution in [3.63, 3.8) is 0 Å². The second-order valence-electron chi connectivity index (χ2n) is 10.6. The third kappa shape index (κ3) is 5.20. The van der Waals surface area contributed by atoms with E-state index in [0.29, 0.717) is 46.1 Å². The molecular formula is C28H32N6O4S. The molecule has 0 bridgehead atoms. The number of hydrogen-bond donors (Lipinski definition) is 1. The molecule has 0 radical (unpaired) electrons. The van der Waals surface area contributed by atoms with Gasteiger partial charge in [0, 0.05) is 44.0 Å². The summed E-state index contributed by atoms with van der Waals surface area (Å²) in [5, 5.41) is 3.34. The number of sulfone groups is 1. The first-order chi connectivity index (χ1) is 18.7. The minimum atomic E-state index is -3.60. The molecule has 4 aromatic rings. The predicted molar refractivity (Wildman–Crippen MR) is 148 cm³/mol. The zero-order chi connectivity index (χ0) is 27.3. The van der Waals surface area contributed by atoms with E-state index in [2.05, 4.69) is 10.3 Å². The molecule has 0 amide bonds. The third-order valence-electron chi connectivity index (χ3n) is 7.36. The molecule has 39 heavy (non-hydrogen) atoms. The maximum Gasteiger partial charge on any atom is 0.177 e. The quantitative estimate of drug-likeness (QED) is 0.341. The van der Waals surface area contributed by atoms with E-state index in [-0.39, 0.29) is 29.2 Å². The zero-order valence-corrected chi connectivity index (χ0v) is 23.2. The average Bonchev–Trinajstić information content (AvgIpc) is 3.58. The fourth-order valence-electron chi connectivity index (χ4n) is 5.21. The van der Waals surface area contributed by atoms with Crippen molar-refractivity contribution in [3.8, 4) is 11.3 Å². The predicted octanol–water partition coefficient (Wildman–Crippen LogP) is 4.51. The van der Waals surface area contributed by atoms with Gasteiger partial charge in [0.05, 0.1) is 34.0 Å². The number of Topliss-reactive ketones (excluding diaryl/α,β-unsaturated/α-hetero) is 1. The molecule has 1 aromatic carbocycles. The van der Waals surface area contributed by atoms with Crippen LogP contribution in [0.15, 0.2) is 41.7 Å². The zero-order valence-electron chi connectivity index (χ0n) is 22.3. The highest BCUT2D eigenvalue weighted by Gasteiger charge is 2.30. The molecule has 204 valence electrons. The van der Waals surface area contributed by atoms with E-state index in [9.17, 15) is 13.2 Å². The van der Waals surface area contributed by atoms with Crippen molar-refractivity contribution in [1.82, 2.24) is 24.1 Å². The van der Waals surface area contributed by atoms with Crippen LogP contribution >= 0.6 is 0 Å². The second-order valence-corrected chi connectivity index (χ2v) is 12.6. The topological polar surface area (TPSA) is 121 Å². The maximum absolute atomic E-state index is 12.9. The largest absolute Gasteiger partial charge is 0.358 e. The number of carbonyl (C=O) groups excluding carboxylic acids is 1. The first-order valence-corrected chi connectivity index (χ1v) is 15.2. The van der Waals surface area contributed by atoms with E-state index in [0.717, 1.165) is 37.9 Å². The van der Waals surface area contributed by atoms with Gasteiger partial charge >= 0.3 is 0 Å². The number of hydrogen-bond acceptors (Lipinski definition) is 8. The number of carbonyl (C=O) groups is 1. The van der Waals surface area contributed by atoms with E-state index in [1.807, 2.05) is 41.4 Å². The average molecular weight is 549 g/mol. The van der Waals surface area contributed by atoms with Gasteiger partial charge in [0.25, 0.3) is 0 Å². The number of aryl methyl sites for hydroxylation is 2. The normalized spacial score (nSPS) is 18.0. The van der Waals surface area contributed by atoms with Gasteiger partial charge < -0.3 is 14.6 Å². The number of aromatic nitrogens is 5. The van der Waals surface area contributed by atoms with Crippen molar-refractivity contribution >= 4 is 38.2 Å². The fourth-order valence-corrected chi connectivity index (χ4v) is 6.07. The molecule has 1 aliphatic heterocycles. The lowest BCUT2D eigenvalue weighted by atomic mass is 10.1. The highest BCUT2D eigenvalue weighted by molar-refractivity contribution is 7.90. The SMILES string of the molecule is Cc1nc2c(Nc3ccc(-c4cn(C)cn4)cc3S(C)(=O)=O)cc(CC(=O)C3CC3)nc2n1C1CCCCO1. The molecule has 6 rings (SSSR count). The summed E-state index contributed by atoms with van der Waals surface area (Å²) >= 11 is 0. The molecule has 2 aliphatic rings. The number of ether oxygens (including phenoxy) is 1. The van der Waals surface area contributed by atoms with Gasteiger partial charge in [-0.2, -0.15) is 0 Å². The Morgan fingerprint density at radius 1 is 1.13 bits per heavy atom. The Hall–Kier alpha value is -3.57. The molecule has 1 unspecified atom stereocenters. The van der Waals surface area contributed by atoms with Crippen LogP contribution in [0.4, 0.5) is 11.4 Å². The molecular weight excluding hydrogens is 516 g/mol. The van der Waals surface area contributed by atoms with Gasteiger partial charge in [0.1, 0.15) is 23.4 Å². The van der Waals surface area contributed by atoms with Gasteiger partial charge in [0.15, 0.2) is 15.5 Å². The van der Waals surface area contributed by atoms with Crippen LogP contribution in [0.25, 0.3) is 22.4 Å². The lowest BCUT2D eigenvalue weighted by Gasteiger charge is -2.25. The van der Waals surface area contributed by atoms with Crippen molar-refractivity contribution in [3.05, 3.63) is 48.3 Å². The highest BCUT2D eigenvalue weighted by Crippen LogP contribution is 2.36. The number of imidazole rings is 2. The van der Waals surface area contributed by atoms with Gasteiger partial charge in [-0.3, -0.25) is 9.36 Å². The molecule has 0 spiro atoms. The van der Waals surface area contributed by atoms with Crippen LogP contribution in [-0.4, -0.2) is 51.1 Å². The molecule has 1 saturated carbocycles. The maximum atomic E-state index is 12.9. The van der Waals surface area contributed by atoms with Crippen molar-refractivity contribution in [2.24, 2.45) is 13.0 Å². The lowest BCUT2D eigenvalue weighted by Crippen LogP contribution is -2.19. The Balaban J connectivity index is 1.46. The first-order valence-electron chi connectivity index (χ1n) is 13.3. The molecule has 1 atom stereocenters. The number of rotatable bonds is 8. The number of pyridine rings is 1. The molecule has 4 heterocycles. The Kier molecular flexibility index (Phi) is 6.50. The van der Waals surface area contributed by atoms with Crippen LogP contribution in [0, 0.1) is 12.8 Å². The molecule has 10 nitrogen and oxygen atoms in total. The Bertz CT molecular complexity index is 1680. The van der Waals surface area contributed by atoms with Crippen molar-refractivity contribution in [2.45, 2.75) is 56.6 Å². The van der Waals surface area contributed by atoms with Gasteiger partial charge in [-0.25, -0.2) is 23.4 Å². The number of benzene rings is 1. The first kappa shape index (κ1) is 25.7. The van der Waals surface area contributed by atoms with Crippen LogP contribution in [0.1, 0.15) is 49.9 Å². The monoisotopic (exact) mass is 548 g/mol. The summed E-state index contributed by atoms with van der Waals surface area (Å²) in [5.41, 5.74) is 4.28. The van der Waals surface area contributed by atoms with Crippen molar-refractivity contribution in [1.29, 1.82) is 0 Å². The summed E-state index contributed by atoms with van der Waals surface area (Å²) in [4.78, 5) is 27.0. The van der Waals surface area contributed by atoms with E-state index in [1.165, 1.54) is 6.26 Å². The summed E-state index contributed by atoms with van der Waals surface area (Å²) in [6.45, 7) is 2.59. The van der Waals surface area contributed by atoms with Gasteiger partial charge in [-0.1, -0.05) is 6.07 Å². The smallest absolute Gasteiger partial charge is 0.177 e. The standard InChI is InChI=1S/C28H32N6O4S/c1-17-30-27-22(32-21-10-9-19(12-25(21)39(3,36)37)23-15-33(2)16-29-23)13-20(14-24(35)18-7-8-18)31-28(27)34(17)26-6-4-5-11-38-26/h9-10,12-13,15-16,18,26H,4-8,11,14H2,1-3H3,(H,31,32). The molecule has 1 saturated heterocycles. The number of ketones is 1. The summed E-state index contributed by atoms with van der Waals surface area (Å²) in [6, 6.07) is 7.04. The van der Waals surface area contributed by atoms with Crippen LogP contribution < -0.4 is 5.32 Å². The number of nitrogens with one attached hydrogen (secondary N) is 1. The van der Waals surface area contributed by atoms with E-state index in [1.54, 1.807) is 18.5 Å². The Labute approximate surface area is 227 Å². The van der Waals surface area contributed by atoms with Gasteiger partial charge in [-0.15, -0.1) is 0 Å². The summed E-state index contributed by atoms with van der Waals surface area (Å²) in [7, 11) is -1.73. The van der Waals surface area contributed by atoms with Crippen LogP contribution in [0.5, 0.6) is 0 Å². The molecule has 1 aliphatic carbocycles. The molecule has 1 N–H and O–H groups in total. The summed E-state index contributed by atoms with van der Waals surface area (Å²) in [6.07, 6.45) is 9.54. The van der Waals surface area contributed by atoms with Crippen LogP contribution in [0.2, 0.25) is 0 Å². The Morgan fingerprint density at radius 3 is 2.62 bits per heavy atom. The fraction of sp³-hybridized carbons (Fsp3) is 0.429. The summed E-state index contributed by atoms with van der Waals surface area (Å²) < 4.78 is 35.7. The van der Waals surface area contributed by atoms with E-state index < -0.39 is 9.84 Å². The van der Waals surface area contributed by atoms with Crippen molar-refractivity contribution in [2.75, 3.05) is 18.2 Å². The van der Waals surface area contributed by atoms with Gasteiger partial charge in [0.2, 0.25) is 0 Å². The van der Waals surface area contributed by atoms with Crippen LogP contribution in [0.3, 0.4) is 0 Å². The third-order valence-corrected chi connectivity index (χ3v) is 8.50. The summed E-state index contributed by atoms with van der Waals surface area (Å²) in [5.74, 6) is 1.05. The highest BCUT2D eigenvalue weighted by atomic mass is 32.2. The lowest BCUT2D eigenvalue weighted by molar-refractivity contribution is -0.119. The number of anilines is 2. The number of fused-ring (bicyclic) bond motifs is 1. The van der Waals surface area contributed by atoms with E-state index in [4.69, 9.17) is 14.7 Å². The molecule has 2 fully saturated rings. The van der Waals surface area contributed by atoms with Crippen LogP contribution in [-0.2, 0) is 32.8 Å². The minimum Gasteiger partial charge on any atom is -0.358 e. The molecule has 3 aromatic heterocycles. The van der Waals surface area contributed by atoms with Gasteiger partial charge in [-0.05, 0) is 57.2 Å².